The highest BCUT2D eigenvalue weighted by molar-refractivity contribution is 7.83. The smallest absolute Gasteiger partial charge is 0.303 e. The molecule has 1 saturated heterocycles. The molecule has 44 heavy (non-hydrogen) atoms. The maximum atomic E-state index is 12.5. The highest BCUT2D eigenvalue weighted by Gasteiger charge is 2.34. The second-order valence-electron chi connectivity index (χ2n) is 11.5. The lowest BCUT2D eigenvalue weighted by atomic mass is 9.94. The monoisotopic (exact) mass is 620 g/mol. The summed E-state index contributed by atoms with van der Waals surface area (Å²) in [6.45, 7) is 11.4. The first kappa shape index (κ1) is 32.7. The van der Waals surface area contributed by atoms with Crippen molar-refractivity contribution in [3.63, 3.8) is 0 Å². The van der Waals surface area contributed by atoms with Crippen molar-refractivity contribution in [2.75, 3.05) is 0 Å². The van der Waals surface area contributed by atoms with Gasteiger partial charge in [0, 0.05) is 71.6 Å². The number of allylic oxidation sites excluding steroid dienone is 1. The fourth-order valence-corrected chi connectivity index (χ4v) is 6.43. The molecule has 0 aromatic carbocycles. The van der Waals surface area contributed by atoms with E-state index in [0.29, 0.717) is 31.3 Å². The lowest BCUT2D eigenvalue weighted by Crippen LogP contribution is -2.30. The molecule has 4 heterocycles. The number of amides is 2. The predicted octanol–water partition coefficient (Wildman–Crippen LogP) is 4.29. The summed E-state index contributed by atoms with van der Waals surface area (Å²) in [6, 6.07) is -0.214. The third-order valence-corrected chi connectivity index (χ3v) is 9.06. The molecule has 1 fully saturated rings. The average Bonchev–Trinajstić information content (AvgIpc) is 3.60. The molecule has 0 radical (unpaired) electrons. The zero-order chi connectivity index (χ0) is 32.3. The summed E-state index contributed by atoms with van der Waals surface area (Å²) >= 11 is 4.20. The van der Waals surface area contributed by atoms with Gasteiger partial charge >= 0.3 is 11.9 Å². The molecule has 0 unspecified atom stereocenters. The van der Waals surface area contributed by atoms with Crippen molar-refractivity contribution in [3.05, 3.63) is 86.0 Å². The summed E-state index contributed by atoms with van der Waals surface area (Å²) < 4.78 is 0. The number of carboxylic acids is 2. The minimum Gasteiger partial charge on any atom is -0.481 e. The Morgan fingerprint density at radius 1 is 0.955 bits per heavy atom. The van der Waals surface area contributed by atoms with Gasteiger partial charge in [0.05, 0.1) is 6.04 Å². The number of carbonyl (C=O) groups is 4. The lowest BCUT2D eigenvalue weighted by Gasteiger charge is -2.12. The maximum Gasteiger partial charge on any atom is 0.303 e. The standard InChI is InChI=1S/C33H40N4O6S/c1-6-20-16(2)26(36-33(20)43)13-24-17(3)21(7-9-30(38)39)27(34-24)15-28-22(8-10-31(40)41)18(4)25(35-28)14-29-23(11-12-44)19(5)32(42)37-29/h6,11-12,14,19,23,26,34-35,44H,1,7-10,13,15H2,2-5H3,(H,36,43)(H,37,42)(H,38,39)(H,40,41)/b12-11+,29-14-/t19-,23-,26-/m1/s1. The average molecular weight is 621 g/mol. The molecule has 2 aliphatic rings. The van der Waals surface area contributed by atoms with Crippen molar-refractivity contribution in [2.45, 2.75) is 72.3 Å². The van der Waals surface area contributed by atoms with Crippen LogP contribution in [0.2, 0.25) is 0 Å². The van der Waals surface area contributed by atoms with Gasteiger partial charge in [-0.3, -0.25) is 19.2 Å². The van der Waals surface area contributed by atoms with Gasteiger partial charge < -0.3 is 30.8 Å². The number of rotatable bonds is 13. The van der Waals surface area contributed by atoms with E-state index in [2.05, 4.69) is 39.8 Å². The van der Waals surface area contributed by atoms with Crippen LogP contribution in [-0.2, 0) is 44.9 Å². The molecule has 0 saturated carbocycles. The normalized spacial score (nSPS) is 21.0. The van der Waals surface area contributed by atoms with E-state index in [1.54, 1.807) is 11.5 Å². The van der Waals surface area contributed by atoms with Crippen LogP contribution in [0.4, 0.5) is 0 Å². The van der Waals surface area contributed by atoms with Gasteiger partial charge in [-0.2, -0.15) is 12.6 Å². The van der Waals surface area contributed by atoms with Crippen LogP contribution >= 0.6 is 12.6 Å². The molecule has 2 aromatic heterocycles. The number of aromatic amines is 2. The summed E-state index contributed by atoms with van der Waals surface area (Å²) in [4.78, 5) is 54.9. The van der Waals surface area contributed by atoms with E-state index < -0.39 is 11.9 Å². The number of hydrogen-bond donors (Lipinski definition) is 7. The SMILES string of the molecule is C=CC1=C(C)[C@@H](Cc2[nH]c(Cc3[nH]c(/C=C4\NC(=O)[C@H](C)[C@H]4/C=C/S)c(C)c3CCC(=O)O)c(CCC(=O)O)c2C)NC1=O. The van der Waals surface area contributed by atoms with Crippen LogP contribution in [0.1, 0.15) is 71.7 Å². The van der Waals surface area contributed by atoms with Crippen LogP contribution in [0, 0.1) is 25.7 Å². The molecular weight excluding hydrogens is 580 g/mol. The van der Waals surface area contributed by atoms with Crippen LogP contribution in [0.15, 0.2) is 41.0 Å². The van der Waals surface area contributed by atoms with Crippen LogP contribution in [0.3, 0.4) is 0 Å². The molecule has 2 aromatic rings. The van der Waals surface area contributed by atoms with E-state index in [0.717, 1.165) is 56.3 Å². The molecule has 6 N–H and O–H groups in total. The third kappa shape index (κ3) is 6.77. The summed E-state index contributed by atoms with van der Waals surface area (Å²) in [5.41, 5.74) is 9.11. The minimum atomic E-state index is -0.909. The molecule has 0 bridgehead atoms. The van der Waals surface area contributed by atoms with Gasteiger partial charge in [0.2, 0.25) is 5.91 Å². The predicted molar refractivity (Wildman–Crippen MR) is 171 cm³/mol. The Balaban J connectivity index is 1.75. The van der Waals surface area contributed by atoms with Gasteiger partial charge in [0.1, 0.15) is 0 Å². The fourth-order valence-electron chi connectivity index (χ4n) is 6.24. The van der Waals surface area contributed by atoms with Gasteiger partial charge in [-0.05, 0) is 72.9 Å². The molecule has 10 nitrogen and oxygen atoms in total. The van der Waals surface area contributed by atoms with Crippen molar-refractivity contribution < 1.29 is 29.4 Å². The Labute approximate surface area is 262 Å². The zero-order valence-corrected chi connectivity index (χ0v) is 26.4. The van der Waals surface area contributed by atoms with Gasteiger partial charge in [0.15, 0.2) is 0 Å². The molecular formula is C33H40N4O6S. The van der Waals surface area contributed by atoms with Crippen LogP contribution in [0.25, 0.3) is 6.08 Å². The first-order valence-corrected chi connectivity index (χ1v) is 15.2. The Morgan fingerprint density at radius 3 is 2.14 bits per heavy atom. The summed E-state index contributed by atoms with van der Waals surface area (Å²) in [5, 5.41) is 26.5. The quantitative estimate of drug-likeness (QED) is 0.165. The highest BCUT2D eigenvalue weighted by atomic mass is 32.1. The number of hydrogen-bond acceptors (Lipinski definition) is 5. The number of thiol groups is 1. The first-order chi connectivity index (χ1) is 20.9. The van der Waals surface area contributed by atoms with Crippen molar-refractivity contribution in [2.24, 2.45) is 11.8 Å². The summed E-state index contributed by atoms with van der Waals surface area (Å²) in [7, 11) is 0. The van der Waals surface area contributed by atoms with E-state index in [4.69, 9.17) is 0 Å². The highest BCUT2D eigenvalue weighted by Crippen LogP contribution is 2.33. The maximum absolute atomic E-state index is 12.5. The van der Waals surface area contributed by atoms with Crippen molar-refractivity contribution in [1.82, 2.24) is 20.6 Å². The second-order valence-corrected chi connectivity index (χ2v) is 11.8. The topological polar surface area (TPSA) is 164 Å². The van der Waals surface area contributed by atoms with Crippen molar-refractivity contribution in [3.8, 4) is 0 Å². The van der Waals surface area contributed by atoms with Gasteiger partial charge in [-0.15, -0.1) is 0 Å². The number of nitrogens with one attached hydrogen (secondary N) is 4. The molecule has 0 aliphatic carbocycles. The van der Waals surface area contributed by atoms with E-state index >= 15 is 0 Å². The Morgan fingerprint density at radius 2 is 1.57 bits per heavy atom. The van der Waals surface area contributed by atoms with Gasteiger partial charge in [0.25, 0.3) is 5.91 Å². The minimum absolute atomic E-state index is 0.0459. The molecule has 2 aliphatic heterocycles. The molecule has 0 spiro atoms. The molecule has 2 amide bonds. The van der Waals surface area contributed by atoms with Crippen molar-refractivity contribution in [1.29, 1.82) is 0 Å². The molecule has 3 atom stereocenters. The lowest BCUT2D eigenvalue weighted by molar-refractivity contribution is -0.138. The first-order valence-electron chi connectivity index (χ1n) is 14.7. The van der Waals surface area contributed by atoms with Gasteiger partial charge in [-0.25, -0.2) is 0 Å². The summed E-state index contributed by atoms with van der Waals surface area (Å²) in [5.74, 6) is -2.48. The van der Waals surface area contributed by atoms with Gasteiger partial charge in [-0.1, -0.05) is 25.7 Å². The fraction of sp³-hybridized carbons (Fsp3) is 0.394. The zero-order valence-electron chi connectivity index (χ0n) is 25.5. The number of H-pyrrole nitrogens is 2. The number of carboxylic acid groups (broad SMARTS) is 2. The number of aromatic nitrogens is 2. The van der Waals surface area contributed by atoms with Crippen LogP contribution < -0.4 is 10.6 Å². The second kappa shape index (κ2) is 13.6. The molecule has 11 heteroatoms. The van der Waals surface area contributed by atoms with Crippen LogP contribution in [0.5, 0.6) is 0 Å². The van der Waals surface area contributed by atoms with E-state index in [-0.39, 0.29) is 42.5 Å². The third-order valence-electron chi connectivity index (χ3n) is 8.89. The Hall–Kier alpha value is -4.25. The Bertz CT molecular complexity index is 1610. The van der Waals surface area contributed by atoms with E-state index in [9.17, 15) is 29.4 Å². The van der Waals surface area contributed by atoms with Crippen LogP contribution in [-0.4, -0.2) is 50.0 Å². The number of carbonyl (C=O) groups excluding carboxylic acids is 2. The largest absolute Gasteiger partial charge is 0.481 e. The number of aliphatic carboxylic acids is 2. The Kier molecular flexibility index (Phi) is 10.1. The van der Waals surface area contributed by atoms with E-state index in [1.807, 2.05) is 39.8 Å². The van der Waals surface area contributed by atoms with Crippen molar-refractivity contribution >= 4 is 42.5 Å². The molecule has 4 rings (SSSR count). The summed E-state index contributed by atoms with van der Waals surface area (Å²) in [6.07, 6.45) is 6.74. The molecule has 234 valence electrons. The van der Waals surface area contributed by atoms with E-state index in [1.165, 1.54) is 0 Å².